The van der Waals surface area contributed by atoms with E-state index in [4.69, 9.17) is 5.73 Å². The summed E-state index contributed by atoms with van der Waals surface area (Å²) >= 11 is 0. The van der Waals surface area contributed by atoms with Crippen LogP contribution in [-0.2, 0) is 9.59 Å². The van der Waals surface area contributed by atoms with E-state index in [1.165, 1.54) is 11.3 Å². The molecule has 1 heterocycles. The highest BCUT2D eigenvalue weighted by Gasteiger charge is 2.51. The first-order valence-electron chi connectivity index (χ1n) is 7.27. The average molecular weight is 272 g/mol. The number of carbonyl (C=O) groups excluding carboxylic acids is 2. The van der Waals surface area contributed by atoms with Crippen LogP contribution in [0.5, 0.6) is 0 Å². The predicted molar refractivity (Wildman–Crippen MR) is 78.2 cm³/mol. The summed E-state index contributed by atoms with van der Waals surface area (Å²) in [6.07, 6.45) is 5.34. The fourth-order valence-electron chi connectivity index (χ4n) is 3.47. The highest BCUT2D eigenvalue weighted by atomic mass is 16.2. The molecule has 2 amide bonds. The zero-order chi connectivity index (χ0) is 14.3. The SMILES string of the molecule is Cc1cc(N2C(=O)CC3(CCCCC3)C2=O)ccc1N. The van der Waals surface area contributed by atoms with Crippen LogP contribution in [0.15, 0.2) is 18.2 Å². The largest absolute Gasteiger partial charge is 0.399 e. The molecular weight excluding hydrogens is 252 g/mol. The van der Waals surface area contributed by atoms with Crippen LogP contribution in [0.25, 0.3) is 0 Å². The molecular formula is C16H20N2O2. The summed E-state index contributed by atoms with van der Waals surface area (Å²) < 4.78 is 0. The molecule has 0 radical (unpaired) electrons. The predicted octanol–water partition coefficient (Wildman–Crippen LogP) is 2.79. The molecule has 20 heavy (non-hydrogen) atoms. The zero-order valence-electron chi connectivity index (χ0n) is 11.8. The van der Waals surface area contributed by atoms with Gasteiger partial charge in [-0.1, -0.05) is 19.3 Å². The minimum atomic E-state index is -0.426. The Hall–Kier alpha value is -1.84. The number of hydrogen-bond acceptors (Lipinski definition) is 3. The quantitative estimate of drug-likeness (QED) is 0.631. The molecule has 2 fully saturated rings. The lowest BCUT2D eigenvalue weighted by Crippen LogP contribution is -2.37. The minimum absolute atomic E-state index is 0.00799. The van der Waals surface area contributed by atoms with Gasteiger partial charge in [0.2, 0.25) is 11.8 Å². The topological polar surface area (TPSA) is 63.4 Å². The van der Waals surface area contributed by atoms with E-state index in [1.54, 1.807) is 12.1 Å². The van der Waals surface area contributed by atoms with Crippen LogP contribution in [0, 0.1) is 12.3 Å². The van der Waals surface area contributed by atoms with Crippen LogP contribution in [0.2, 0.25) is 0 Å². The lowest BCUT2D eigenvalue weighted by molar-refractivity contribution is -0.127. The molecule has 4 heteroatoms. The first-order valence-corrected chi connectivity index (χ1v) is 7.27. The van der Waals surface area contributed by atoms with Crippen molar-refractivity contribution in [1.29, 1.82) is 0 Å². The number of hydrogen-bond donors (Lipinski definition) is 1. The van der Waals surface area contributed by atoms with Crippen molar-refractivity contribution < 1.29 is 9.59 Å². The molecule has 4 nitrogen and oxygen atoms in total. The fraction of sp³-hybridized carbons (Fsp3) is 0.500. The lowest BCUT2D eigenvalue weighted by Gasteiger charge is -2.30. The Morgan fingerprint density at radius 3 is 2.50 bits per heavy atom. The molecule has 1 aromatic rings. The lowest BCUT2D eigenvalue weighted by atomic mass is 9.73. The van der Waals surface area contributed by atoms with Crippen molar-refractivity contribution in [2.45, 2.75) is 45.4 Å². The number of nitrogen functional groups attached to an aromatic ring is 1. The van der Waals surface area contributed by atoms with Gasteiger partial charge in [0, 0.05) is 12.1 Å². The molecule has 0 atom stereocenters. The molecule has 3 rings (SSSR count). The number of carbonyl (C=O) groups is 2. The van der Waals surface area contributed by atoms with Crippen molar-refractivity contribution in [2.75, 3.05) is 10.6 Å². The number of aryl methyl sites for hydroxylation is 1. The van der Waals surface area contributed by atoms with Crippen LogP contribution in [-0.4, -0.2) is 11.8 Å². The maximum atomic E-state index is 12.8. The van der Waals surface area contributed by atoms with Crippen LogP contribution < -0.4 is 10.6 Å². The number of benzene rings is 1. The van der Waals surface area contributed by atoms with Crippen LogP contribution >= 0.6 is 0 Å². The molecule has 1 aliphatic carbocycles. The average Bonchev–Trinajstić information content (AvgIpc) is 2.66. The summed E-state index contributed by atoms with van der Waals surface area (Å²) in [5.74, 6) is -0.0764. The Morgan fingerprint density at radius 1 is 1.15 bits per heavy atom. The fourth-order valence-corrected chi connectivity index (χ4v) is 3.47. The molecule has 106 valence electrons. The van der Waals surface area contributed by atoms with E-state index in [0.29, 0.717) is 17.8 Å². The van der Waals surface area contributed by atoms with Crippen molar-refractivity contribution in [3.8, 4) is 0 Å². The van der Waals surface area contributed by atoms with Gasteiger partial charge < -0.3 is 5.73 Å². The monoisotopic (exact) mass is 272 g/mol. The number of nitrogens with zero attached hydrogens (tertiary/aromatic N) is 1. The Balaban J connectivity index is 1.95. The third-order valence-corrected chi connectivity index (χ3v) is 4.72. The smallest absolute Gasteiger partial charge is 0.240 e. The molecule has 1 aromatic carbocycles. The third kappa shape index (κ3) is 1.90. The van der Waals surface area contributed by atoms with Crippen LogP contribution in [0.3, 0.4) is 0 Å². The van der Waals surface area contributed by atoms with E-state index in [9.17, 15) is 9.59 Å². The standard InChI is InChI=1S/C16H20N2O2/c1-11-9-12(5-6-13(11)17)18-14(19)10-16(15(18)20)7-3-2-4-8-16/h5-6,9H,2-4,7-8,10,17H2,1H3. The van der Waals surface area contributed by atoms with Crippen molar-refractivity contribution in [2.24, 2.45) is 5.41 Å². The van der Waals surface area contributed by atoms with Crippen LogP contribution in [0.4, 0.5) is 11.4 Å². The number of amides is 2. The van der Waals surface area contributed by atoms with Gasteiger partial charge in [0.05, 0.1) is 11.1 Å². The Bertz CT molecular complexity index is 574. The molecule has 1 spiro atoms. The van der Waals surface area contributed by atoms with Gasteiger partial charge in [0.15, 0.2) is 0 Å². The summed E-state index contributed by atoms with van der Waals surface area (Å²) in [5.41, 5.74) is 7.62. The van der Waals surface area contributed by atoms with Gasteiger partial charge in [-0.3, -0.25) is 14.5 Å². The first kappa shape index (κ1) is 13.2. The van der Waals surface area contributed by atoms with Gasteiger partial charge in [-0.05, 0) is 43.5 Å². The van der Waals surface area contributed by atoms with E-state index in [2.05, 4.69) is 0 Å². The van der Waals surface area contributed by atoms with Gasteiger partial charge >= 0.3 is 0 Å². The summed E-state index contributed by atoms with van der Waals surface area (Å²) in [6.45, 7) is 1.89. The number of nitrogens with two attached hydrogens (primary N) is 1. The number of rotatable bonds is 1. The van der Waals surface area contributed by atoms with Crippen LogP contribution in [0.1, 0.15) is 44.1 Å². The van der Waals surface area contributed by atoms with E-state index in [1.807, 2.05) is 13.0 Å². The van der Waals surface area contributed by atoms with Crippen molar-refractivity contribution >= 4 is 23.2 Å². The molecule has 1 saturated heterocycles. The second-order valence-electron chi connectivity index (χ2n) is 6.09. The van der Waals surface area contributed by atoms with Gasteiger partial charge in [-0.2, -0.15) is 0 Å². The molecule has 0 bridgehead atoms. The number of imide groups is 1. The Morgan fingerprint density at radius 2 is 1.85 bits per heavy atom. The summed E-state index contributed by atoms with van der Waals surface area (Å²) in [7, 11) is 0. The van der Waals surface area contributed by atoms with Gasteiger partial charge in [0.1, 0.15) is 0 Å². The molecule has 1 aliphatic heterocycles. The summed E-state index contributed by atoms with van der Waals surface area (Å²) in [6, 6.07) is 5.35. The van der Waals surface area contributed by atoms with Crippen molar-refractivity contribution in [3.63, 3.8) is 0 Å². The van der Waals surface area contributed by atoms with Crippen molar-refractivity contribution in [1.82, 2.24) is 0 Å². The molecule has 0 unspecified atom stereocenters. The molecule has 2 aliphatic rings. The van der Waals surface area contributed by atoms with Gasteiger partial charge in [0.25, 0.3) is 0 Å². The second-order valence-corrected chi connectivity index (χ2v) is 6.09. The molecule has 2 N–H and O–H groups in total. The highest BCUT2D eigenvalue weighted by molar-refractivity contribution is 6.22. The Labute approximate surface area is 118 Å². The zero-order valence-corrected chi connectivity index (χ0v) is 11.8. The van der Waals surface area contributed by atoms with E-state index in [-0.39, 0.29) is 11.8 Å². The summed E-state index contributed by atoms with van der Waals surface area (Å²) in [5, 5.41) is 0. The van der Waals surface area contributed by atoms with Gasteiger partial charge in [-0.15, -0.1) is 0 Å². The number of anilines is 2. The summed E-state index contributed by atoms with van der Waals surface area (Å²) in [4.78, 5) is 26.5. The maximum Gasteiger partial charge on any atom is 0.240 e. The second kappa shape index (κ2) is 4.62. The normalized spacial score (nSPS) is 21.8. The van der Waals surface area contributed by atoms with E-state index >= 15 is 0 Å². The highest BCUT2D eigenvalue weighted by Crippen LogP contribution is 2.46. The van der Waals surface area contributed by atoms with Crippen molar-refractivity contribution in [3.05, 3.63) is 23.8 Å². The van der Waals surface area contributed by atoms with E-state index in [0.717, 1.165) is 31.2 Å². The first-order chi connectivity index (χ1) is 9.53. The maximum absolute atomic E-state index is 12.8. The third-order valence-electron chi connectivity index (χ3n) is 4.72. The minimum Gasteiger partial charge on any atom is -0.399 e. The van der Waals surface area contributed by atoms with Gasteiger partial charge in [-0.25, -0.2) is 0 Å². The Kier molecular flexibility index (Phi) is 3.04. The molecule has 1 saturated carbocycles. The van der Waals surface area contributed by atoms with E-state index < -0.39 is 5.41 Å². The molecule has 0 aromatic heterocycles.